The maximum Gasteiger partial charge on any atom is 0.213 e. The lowest BCUT2D eigenvalue weighted by Crippen LogP contribution is -2.37. The molecule has 6 nitrogen and oxygen atoms in total. The highest BCUT2D eigenvalue weighted by Gasteiger charge is 2.16. The van der Waals surface area contributed by atoms with Crippen LogP contribution in [0.25, 0.3) is 0 Å². The van der Waals surface area contributed by atoms with Crippen molar-refractivity contribution >= 4 is 17.3 Å². The molecule has 2 N–H and O–H groups in total. The molecule has 0 amide bonds. The average Bonchev–Trinajstić information content (AvgIpc) is 3.29. The highest BCUT2D eigenvalue weighted by molar-refractivity contribution is 7.11. The molecule has 0 unspecified atom stereocenters. The number of ether oxygens (including phenoxy) is 1. The number of hydrogen-bond donors (Lipinski definition) is 2. The zero-order valence-electron chi connectivity index (χ0n) is 16.4. The third kappa shape index (κ3) is 5.92. The number of aryl methyl sites for hydroxylation is 2. The lowest BCUT2D eigenvalue weighted by Gasteiger charge is -2.13. The Morgan fingerprint density at radius 1 is 1.26 bits per heavy atom. The van der Waals surface area contributed by atoms with Crippen molar-refractivity contribution in [3.8, 4) is 5.88 Å². The standard InChI is InChI=1S/C20H29N5OS/c1-14-15(2)27-19(25-14)10-11-22-20(21-3)24-13-16-8-9-18(23-12-16)26-17-6-4-5-7-17/h8-9,12,17H,4-7,10-11,13H2,1-3H3,(H2,21,22,24). The van der Waals surface area contributed by atoms with E-state index in [4.69, 9.17) is 4.74 Å². The summed E-state index contributed by atoms with van der Waals surface area (Å²) in [5, 5.41) is 7.82. The van der Waals surface area contributed by atoms with Gasteiger partial charge in [-0.15, -0.1) is 11.3 Å². The molecular weight excluding hydrogens is 358 g/mol. The predicted octanol–water partition coefficient (Wildman–Crippen LogP) is 3.38. The van der Waals surface area contributed by atoms with E-state index in [9.17, 15) is 0 Å². The number of hydrogen-bond acceptors (Lipinski definition) is 5. The molecule has 1 fully saturated rings. The summed E-state index contributed by atoms with van der Waals surface area (Å²) < 4.78 is 5.91. The molecule has 2 heterocycles. The lowest BCUT2D eigenvalue weighted by atomic mass is 10.3. The Kier molecular flexibility index (Phi) is 7.04. The molecule has 0 bridgehead atoms. The van der Waals surface area contributed by atoms with Crippen LogP contribution in [0.3, 0.4) is 0 Å². The van der Waals surface area contributed by atoms with Crippen LogP contribution >= 0.6 is 11.3 Å². The first-order chi connectivity index (χ1) is 13.1. The maximum absolute atomic E-state index is 5.91. The van der Waals surface area contributed by atoms with Crippen molar-refractivity contribution in [3.05, 3.63) is 39.5 Å². The van der Waals surface area contributed by atoms with E-state index < -0.39 is 0 Å². The molecule has 3 rings (SSSR count). The average molecular weight is 388 g/mol. The summed E-state index contributed by atoms with van der Waals surface area (Å²) in [5.74, 6) is 1.51. The highest BCUT2D eigenvalue weighted by Crippen LogP contribution is 2.22. The van der Waals surface area contributed by atoms with Gasteiger partial charge in [-0.2, -0.15) is 0 Å². The summed E-state index contributed by atoms with van der Waals surface area (Å²) >= 11 is 1.76. The molecule has 1 saturated carbocycles. The van der Waals surface area contributed by atoms with Gasteiger partial charge in [0.05, 0.1) is 10.7 Å². The number of aliphatic imine (C=N–C) groups is 1. The molecule has 1 aliphatic carbocycles. The largest absolute Gasteiger partial charge is 0.474 e. The Morgan fingerprint density at radius 3 is 2.70 bits per heavy atom. The fourth-order valence-electron chi connectivity index (χ4n) is 3.10. The van der Waals surface area contributed by atoms with Gasteiger partial charge in [-0.3, -0.25) is 4.99 Å². The van der Waals surface area contributed by atoms with E-state index in [0.29, 0.717) is 12.6 Å². The van der Waals surface area contributed by atoms with Gasteiger partial charge in [-0.05, 0) is 45.1 Å². The van der Waals surface area contributed by atoms with Crippen LogP contribution in [0.15, 0.2) is 23.3 Å². The zero-order valence-corrected chi connectivity index (χ0v) is 17.2. The molecule has 0 saturated heterocycles. The van der Waals surface area contributed by atoms with Gasteiger partial charge in [-0.25, -0.2) is 9.97 Å². The SMILES string of the molecule is CN=C(NCCc1nc(C)c(C)s1)NCc1ccc(OC2CCCC2)nc1. The molecular formula is C20H29N5OS. The summed E-state index contributed by atoms with van der Waals surface area (Å²) in [7, 11) is 1.78. The molecule has 0 spiro atoms. The van der Waals surface area contributed by atoms with Gasteiger partial charge in [0.25, 0.3) is 0 Å². The number of pyridine rings is 1. The monoisotopic (exact) mass is 387 g/mol. The van der Waals surface area contributed by atoms with Crippen LogP contribution in [0.4, 0.5) is 0 Å². The molecule has 146 valence electrons. The van der Waals surface area contributed by atoms with Gasteiger partial charge >= 0.3 is 0 Å². The van der Waals surface area contributed by atoms with Gasteiger partial charge in [0.15, 0.2) is 5.96 Å². The smallest absolute Gasteiger partial charge is 0.213 e. The molecule has 2 aromatic heterocycles. The Bertz CT molecular complexity index is 731. The fourth-order valence-corrected chi connectivity index (χ4v) is 4.04. The van der Waals surface area contributed by atoms with Gasteiger partial charge in [0.2, 0.25) is 5.88 Å². The summed E-state index contributed by atoms with van der Waals surface area (Å²) in [4.78, 5) is 14.6. The molecule has 0 atom stereocenters. The van der Waals surface area contributed by atoms with Crippen molar-refractivity contribution in [2.24, 2.45) is 4.99 Å². The highest BCUT2D eigenvalue weighted by atomic mass is 32.1. The summed E-state index contributed by atoms with van der Waals surface area (Å²) in [6, 6.07) is 4.01. The number of thiazole rings is 1. The second-order valence-corrected chi connectivity index (χ2v) is 8.17. The minimum Gasteiger partial charge on any atom is -0.474 e. The number of guanidine groups is 1. The normalized spacial score (nSPS) is 15.1. The topological polar surface area (TPSA) is 71.4 Å². The van der Waals surface area contributed by atoms with Crippen LogP contribution in [0.1, 0.15) is 46.8 Å². The van der Waals surface area contributed by atoms with Crippen molar-refractivity contribution in [1.29, 1.82) is 0 Å². The third-order valence-corrected chi connectivity index (χ3v) is 5.91. The van der Waals surface area contributed by atoms with Crippen LogP contribution in [0, 0.1) is 13.8 Å². The van der Waals surface area contributed by atoms with E-state index in [2.05, 4.69) is 45.5 Å². The molecule has 27 heavy (non-hydrogen) atoms. The predicted molar refractivity (Wildman–Crippen MR) is 111 cm³/mol. The molecule has 0 aliphatic heterocycles. The van der Waals surface area contributed by atoms with Crippen LogP contribution in [-0.4, -0.2) is 35.6 Å². The van der Waals surface area contributed by atoms with Gasteiger partial charge in [-0.1, -0.05) is 6.07 Å². The van der Waals surface area contributed by atoms with E-state index in [1.54, 1.807) is 18.4 Å². The Morgan fingerprint density at radius 2 is 2.07 bits per heavy atom. The van der Waals surface area contributed by atoms with E-state index in [1.165, 1.54) is 17.7 Å². The maximum atomic E-state index is 5.91. The summed E-state index contributed by atoms with van der Waals surface area (Å²) in [5.41, 5.74) is 2.23. The third-order valence-electron chi connectivity index (χ3n) is 4.77. The molecule has 0 radical (unpaired) electrons. The Labute approximate surface area is 165 Å². The van der Waals surface area contributed by atoms with E-state index >= 15 is 0 Å². The van der Waals surface area contributed by atoms with Crippen LogP contribution < -0.4 is 15.4 Å². The van der Waals surface area contributed by atoms with E-state index in [0.717, 1.165) is 53.9 Å². The molecule has 0 aromatic carbocycles. The number of nitrogens with one attached hydrogen (secondary N) is 2. The van der Waals surface area contributed by atoms with Gasteiger partial charge in [0.1, 0.15) is 6.10 Å². The van der Waals surface area contributed by atoms with Crippen molar-refractivity contribution in [2.45, 2.75) is 58.6 Å². The second kappa shape index (κ2) is 9.69. The summed E-state index contributed by atoms with van der Waals surface area (Å²) in [6.45, 7) is 5.65. The van der Waals surface area contributed by atoms with Crippen LogP contribution in [0.5, 0.6) is 5.88 Å². The second-order valence-electron chi connectivity index (χ2n) is 6.88. The minimum absolute atomic E-state index is 0.343. The molecule has 2 aromatic rings. The Balaban J connectivity index is 1.40. The van der Waals surface area contributed by atoms with Crippen LogP contribution in [-0.2, 0) is 13.0 Å². The fraction of sp³-hybridized carbons (Fsp3) is 0.550. The van der Waals surface area contributed by atoms with Crippen molar-refractivity contribution in [3.63, 3.8) is 0 Å². The number of aromatic nitrogens is 2. The van der Waals surface area contributed by atoms with Crippen molar-refractivity contribution < 1.29 is 4.74 Å². The molecule has 7 heteroatoms. The first-order valence-electron chi connectivity index (χ1n) is 9.63. The zero-order chi connectivity index (χ0) is 19.1. The van der Waals surface area contributed by atoms with Crippen molar-refractivity contribution in [1.82, 2.24) is 20.6 Å². The molecule has 1 aliphatic rings. The summed E-state index contributed by atoms with van der Waals surface area (Å²) in [6.07, 6.45) is 7.93. The first-order valence-corrected chi connectivity index (χ1v) is 10.4. The minimum atomic E-state index is 0.343. The van der Waals surface area contributed by atoms with Crippen LogP contribution in [0.2, 0.25) is 0 Å². The Hall–Kier alpha value is -2.15. The van der Waals surface area contributed by atoms with Crippen molar-refractivity contribution in [2.75, 3.05) is 13.6 Å². The number of rotatable bonds is 7. The van der Waals surface area contributed by atoms with Gasteiger partial charge < -0.3 is 15.4 Å². The van der Waals surface area contributed by atoms with Gasteiger partial charge in [0, 0.05) is 43.7 Å². The first kappa shape index (κ1) is 19.6. The van der Waals surface area contributed by atoms with E-state index in [1.807, 2.05) is 12.3 Å². The quantitative estimate of drug-likeness (QED) is 0.563. The lowest BCUT2D eigenvalue weighted by molar-refractivity contribution is 0.201. The van der Waals surface area contributed by atoms with E-state index in [-0.39, 0.29) is 0 Å². The number of nitrogens with zero attached hydrogens (tertiary/aromatic N) is 3.